The van der Waals surface area contributed by atoms with Gasteiger partial charge in [-0.1, -0.05) is 46.4 Å². The predicted octanol–water partition coefficient (Wildman–Crippen LogP) is 6.17. The van der Waals surface area contributed by atoms with Crippen LogP contribution >= 0.6 is 46.4 Å². The number of benzene rings is 2. The van der Waals surface area contributed by atoms with E-state index in [1.54, 1.807) is 0 Å². The second-order valence-electron chi connectivity index (χ2n) is 4.86. The first kappa shape index (κ1) is 20.5. The minimum atomic E-state index is -0.763. The molecular weight excluding hydrogens is 428 g/mol. The van der Waals surface area contributed by atoms with E-state index >= 15 is 0 Å². The Kier molecular flexibility index (Phi) is 7.29. The summed E-state index contributed by atoms with van der Waals surface area (Å²) in [5.41, 5.74) is 0.863. The molecule has 136 valence electrons. The van der Waals surface area contributed by atoms with Crippen molar-refractivity contribution in [2.45, 2.75) is 0 Å². The van der Waals surface area contributed by atoms with E-state index in [1.807, 2.05) is 0 Å². The van der Waals surface area contributed by atoms with Crippen LogP contribution in [0.1, 0.15) is 11.1 Å². The number of amides is 2. The standard InChI is InChI=1S/C17H10Cl4F2N2O/c18-15(19)13(9-1-5-11(22)6-2-9)24-17(26)25-14(16(20)21)10-3-7-12(23)8-4-10/h1-8H,(H2,24,25,26). The number of hydrogen-bond donors (Lipinski definition) is 2. The fourth-order valence-electron chi connectivity index (χ4n) is 1.95. The zero-order valence-corrected chi connectivity index (χ0v) is 15.8. The number of hydrogen-bond acceptors (Lipinski definition) is 1. The molecule has 2 amide bonds. The van der Waals surface area contributed by atoms with Crippen LogP contribution < -0.4 is 10.6 Å². The Morgan fingerprint density at radius 3 is 1.23 bits per heavy atom. The molecule has 0 aliphatic heterocycles. The van der Waals surface area contributed by atoms with E-state index < -0.39 is 17.7 Å². The highest BCUT2D eigenvalue weighted by atomic mass is 35.5. The highest BCUT2D eigenvalue weighted by Crippen LogP contribution is 2.24. The molecule has 0 saturated heterocycles. The van der Waals surface area contributed by atoms with Crippen LogP contribution in [0.4, 0.5) is 13.6 Å². The fourth-order valence-corrected chi connectivity index (χ4v) is 2.57. The van der Waals surface area contributed by atoms with Crippen LogP contribution in [0.25, 0.3) is 11.4 Å². The summed E-state index contributed by atoms with van der Waals surface area (Å²) in [6.45, 7) is 0. The molecule has 0 atom stereocenters. The number of rotatable bonds is 4. The van der Waals surface area contributed by atoms with Crippen molar-refractivity contribution in [3.05, 3.63) is 80.3 Å². The Morgan fingerprint density at radius 1 is 0.654 bits per heavy atom. The maximum Gasteiger partial charge on any atom is 0.323 e. The Balaban J connectivity index is 2.21. The van der Waals surface area contributed by atoms with E-state index in [0.717, 1.165) is 0 Å². The van der Waals surface area contributed by atoms with E-state index in [4.69, 9.17) is 46.4 Å². The van der Waals surface area contributed by atoms with Gasteiger partial charge in [-0.2, -0.15) is 0 Å². The molecule has 3 nitrogen and oxygen atoms in total. The van der Waals surface area contributed by atoms with Crippen molar-refractivity contribution in [2.24, 2.45) is 0 Å². The van der Waals surface area contributed by atoms with Gasteiger partial charge in [0.1, 0.15) is 20.6 Å². The maximum atomic E-state index is 13.0. The van der Waals surface area contributed by atoms with E-state index in [2.05, 4.69) is 10.6 Å². The topological polar surface area (TPSA) is 41.1 Å². The van der Waals surface area contributed by atoms with Gasteiger partial charge in [-0.05, 0) is 48.5 Å². The predicted molar refractivity (Wildman–Crippen MR) is 102 cm³/mol. The molecule has 0 aliphatic carbocycles. The molecule has 26 heavy (non-hydrogen) atoms. The number of urea groups is 1. The Bertz CT molecular complexity index is 786. The average Bonchev–Trinajstić information content (AvgIpc) is 2.59. The molecule has 0 aliphatic rings. The third-order valence-electron chi connectivity index (χ3n) is 3.12. The lowest BCUT2D eigenvalue weighted by molar-refractivity contribution is 0.248. The molecular formula is C17H10Cl4F2N2O. The summed E-state index contributed by atoms with van der Waals surface area (Å²) in [4.78, 5) is 12.3. The number of carbonyl (C=O) groups excluding carboxylic acids is 1. The number of carbonyl (C=O) groups is 1. The molecule has 0 aromatic heterocycles. The van der Waals surface area contributed by atoms with Crippen molar-refractivity contribution < 1.29 is 13.6 Å². The molecule has 0 spiro atoms. The zero-order valence-electron chi connectivity index (χ0n) is 12.8. The fraction of sp³-hybridized carbons (Fsp3) is 0. The summed E-state index contributed by atoms with van der Waals surface area (Å²) in [7, 11) is 0. The third kappa shape index (κ3) is 5.61. The second-order valence-corrected chi connectivity index (χ2v) is 6.76. The molecule has 0 bridgehead atoms. The summed E-state index contributed by atoms with van der Waals surface area (Å²) in [5.74, 6) is -0.919. The van der Waals surface area contributed by atoms with Crippen LogP contribution in [0.5, 0.6) is 0 Å². The van der Waals surface area contributed by atoms with Crippen molar-refractivity contribution in [3.63, 3.8) is 0 Å². The molecule has 2 aromatic carbocycles. The summed E-state index contributed by atoms with van der Waals surface area (Å²) in [6.07, 6.45) is 0. The van der Waals surface area contributed by atoms with Gasteiger partial charge in [0, 0.05) is 11.1 Å². The van der Waals surface area contributed by atoms with Gasteiger partial charge in [0.25, 0.3) is 0 Å². The minimum Gasteiger partial charge on any atom is -0.305 e. The first-order chi connectivity index (χ1) is 12.3. The van der Waals surface area contributed by atoms with Gasteiger partial charge in [-0.3, -0.25) is 0 Å². The zero-order chi connectivity index (χ0) is 19.3. The van der Waals surface area contributed by atoms with Crippen LogP contribution in [0.2, 0.25) is 0 Å². The van der Waals surface area contributed by atoms with Gasteiger partial charge in [-0.15, -0.1) is 0 Å². The van der Waals surface area contributed by atoms with Crippen LogP contribution in [0.3, 0.4) is 0 Å². The number of halogens is 6. The largest absolute Gasteiger partial charge is 0.323 e. The normalized spacial score (nSPS) is 10.1. The molecule has 2 rings (SSSR count). The van der Waals surface area contributed by atoms with E-state index in [1.165, 1.54) is 48.5 Å². The van der Waals surface area contributed by atoms with E-state index in [0.29, 0.717) is 11.1 Å². The van der Waals surface area contributed by atoms with Gasteiger partial charge < -0.3 is 10.6 Å². The summed E-state index contributed by atoms with van der Waals surface area (Å²) in [5, 5.41) is 4.87. The van der Waals surface area contributed by atoms with Crippen LogP contribution in [0.15, 0.2) is 57.5 Å². The minimum absolute atomic E-state index is 0.0509. The smallest absolute Gasteiger partial charge is 0.305 e. The van der Waals surface area contributed by atoms with Crippen LogP contribution in [0, 0.1) is 11.6 Å². The molecule has 0 heterocycles. The highest BCUT2D eigenvalue weighted by molar-refractivity contribution is 6.59. The summed E-state index contributed by atoms with van der Waals surface area (Å²) >= 11 is 23.2. The van der Waals surface area contributed by atoms with Crippen molar-refractivity contribution in [1.29, 1.82) is 0 Å². The van der Waals surface area contributed by atoms with Crippen molar-refractivity contribution in [1.82, 2.24) is 10.6 Å². The molecule has 0 fully saturated rings. The highest BCUT2D eigenvalue weighted by Gasteiger charge is 2.15. The first-order valence-electron chi connectivity index (χ1n) is 6.98. The Morgan fingerprint density at radius 2 is 0.962 bits per heavy atom. The van der Waals surface area contributed by atoms with Gasteiger partial charge in [0.2, 0.25) is 0 Å². The maximum absolute atomic E-state index is 13.0. The Labute approximate surface area is 168 Å². The lowest BCUT2D eigenvalue weighted by Gasteiger charge is -2.14. The monoisotopic (exact) mass is 436 g/mol. The van der Waals surface area contributed by atoms with Crippen LogP contribution in [-0.2, 0) is 0 Å². The van der Waals surface area contributed by atoms with Gasteiger partial charge in [0.05, 0.1) is 11.4 Å². The van der Waals surface area contributed by atoms with Gasteiger partial charge in [-0.25, -0.2) is 13.6 Å². The number of nitrogens with one attached hydrogen (secondary N) is 2. The molecule has 0 unspecified atom stereocenters. The van der Waals surface area contributed by atoms with Crippen molar-refractivity contribution >= 4 is 63.8 Å². The molecule has 0 saturated carbocycles. The SMILES string of the molecule is O=C(NC(=C(Cl)Cl)c1ccc(F)cc1)NC(=C(Cl)Cl)c1ccc(F)cc1. The third-order valence-corrected chi connectivity index (χ3v) is 3.88. The van der Waals surface area contributed by atoms with Gasteiger partial charge >= 0.3 is 6.03 Å². The summed E-state index contributed by atoms with van der Waals surface area (Å²) < 4.78 is 25.6. The van der Waals surface area contributed by atoms with E-state index in [9.17, 15) is 13.6 Å². The Hall–Kier alpha value is -1.79. The quantitative estimate of drug-likeness (QED) is 0.589. The second kappa shape index (κ2) is 9.24. The molecule has 0 radical (unpaired) electrons. The first-order valence-corrected chi connectivity index (χ1v) is 8.49. The lowest BCUT2D eigenvalue weighted by atomic mass is 10.1. The van der Waals surface area contributed by atoms with Gasteiger partial charge in [0.15, 0.2) is 0 Å². The van der Waals surface area contributed by atoms with Crippen molar-refractivity contribution in [2.75, 3.05) is 0 Å². The molecule has 9 heteroatoms. The lowest BCUT2D eigenvalue weighted by Crippen LogP contribution is -2.33. The molecule has 2 aromatic rings. The van der Waals surface area contributed by atoms with E-state index in [-0.39, 0.29) is 20.4 Å². The average molecular weight is 438 g/mol. The summed E-state index contributed by atoms with van der Waals surface area (Å²) in [6, 6.07) is 9.54. The van der Waals surface area contributed by atoms with Crippen molar-refractivity contribution in [3.8, 4) is 0 Å². The van der Waals surface area contributed by atoms with Crippen LogP contribution in [-0.4, -0.2) is 6.03 Å². The molecule has 2 N–H and O–H groups in total.